The average Bonchev–Trinajstić information content (AvgIpc) is 2.53. The second kappa shape index (κ2) is 8.85. The van der Waals surface area contributed by atoms with Crippen molar-refractivity contribution in [3.05, 3.63) is 26.6 Å². The highest BCUT2D eigenvalue weighted by molar-refractivity contribution is 9.11. The van der Waals surface area contributed by atoms with Gasteiger partial charge in [0.15, 0.2) is 0 Å². The Bertz CT molecular complexity index is 695. The first-order chi connectivity index (χ1) is 12.3. The van der Waals surface area contributed by atoms with Crippen molar-refractivity contribution in [2.24, 2.45) is 10.3 Å². The molecule has 11 heteroatoms. The third-order valence-electron chi connectivity index (χ3n) is 3.58. The minimum Gasteiger partial charge on any atom is -0.466 e. The number of hydrogen-bond acceptors (Lipinski definition) is 4. The van der Waals surface area contributed by atoms with Gasteiger partial charge < -0.3 is 4.74 Å². The van der Waals surface area contributed by atoms with E-state index in [4.69, 9.17) is 0 Å². The summed E-state index contributed by atoms with van der Waals surface area (Å²) in [5.41, 5.74) is -5.10. The Morgan fingerprint density at radius 3 is 1.85 bits per heavy atom. The first-order valence-electron chi connectivity index (χ1n) is 7.80. The number of rotatable bonds is 6. The third kappa shape index (κ3) is 4.98. The number of alkyl halides is 4. The van der Waals surface area contributed by atoms with E-state index in [1.807, 2.05) is 27.7 Å². The van der Waals surface area contributed by atoms with Crippen LogP contribution in [-0.2, 0) is 15.2 Å². The molecule has 1 atom stereocenters. The zero-order chi connectivity index (χ0) is 21.2. The van der Waals surface area contributed by atoms with Crippen molar-refractivity contribution in [2.45, 2.75) is 51.6 Å². The number of ether oxygens (including phenoxy) is 1. The number of nitrogens with zero attached hydrogens (tertiary/aromatic N) is 3. The maximum Gasteiger partial charge on any atom is 0.437 e. The zero-order valence-corrected chi connectivity index (χ0v) is 18.4. The normalized spacial score (nSPS) is 14.7. The van der Waals surface area contributed by atoms with E-state index in [2.05, 4.69) is 46.9 Å². The molecule has 0 heterocycles. The van der Waals surface area contributed by atoms with Crippen LogP contribution in [0.3, 0.4) is 0 Å². The topological polar surface area (TPSA) is 54.3 Å². The molecule has 0 saturated heterocycles. The van der Waals surface area contributed by atoms with E-state index in [-0.39, 0.29) is 26.7 Å². The second-order valence-electron chi connectivity index (χ2n) is 6.19. The summed E-state index contributed by atoms with van der Waals surface area (Å²) in [6, 6.07) is 1.74. The van der Waals surface area contributed by atoms with Gasteiger partial charge in [0, 0.05) is 26.6 Å². The summed E-state index contributed by atoms with van der Waals surface area (Å²) in [5.74, 6) is -2.06. The number of benzene rings is 1. The lowest BCUT2D eigenvalue weighted by molar-refractivity contribution is -0.242. The smallest absolute Gasteiger partial charge is 0.437 e. The van der Waals surface area contributed by atoms with Gasteiger partial charge in [-0.2, -0.15) is 13.2 Å². The Morgan fingerprint density at radius 2 is 1.52 bits per heavy atom. The van der Waals surface area contributed by atoms with E-state index >= 15 is 0 Å². The van der Waals surface area contributed by atoms with Gasteiger partial charge in [0.1, 0.15) is 5.69 Å². The number of halogens is 6. The minimum atomic E-state index is -5.51. The predicted molar refractivity (Wildman–Crippen MR) is 99.3 cm³/mol. The first kappa shape index (κ1) is 23.8. The molecule has 0 aliphatic carbocycles. The molecule has 1 unspecified atom stereocenters. The fourth-order valence-corrected chi connectivity index (χ4v) is 3.64. The van der Waals surface area contributed by atoms with Crippen LogP contribution < -0.4 is 0 Å². The van der Waals surface area contributed by atoms with Crippen LogP contribution in [0.15, 0.2) is 31.4 Å². The Labute approximate surface area is 171 Å². The van der Waals surface area contributed by atoms with Gasteiger partial charge in [0.25, 0.3) is 0 Å². The van der Waals surface area contributed by atoms with Crippen molar-refractivity contribution in [3.8, 4) is 0 Å². The highest BCUT2D eigenvalue weighted by Crippen LogP contribution is 2.47. The van der Waals surface area contributed by atoms with Crippen LogP contribution in [0.5, 0.6) is 0 Å². The quantitative estimate of drug-likeness (QED) is 0.193. The summed E-state index contributed by atoms with van der Waals surface area (Å²) in [6.07, 6.45) is -5.51. The van der Waals surface area contributed by atoms with Crippen LogP contribution in [0.4, 0.5) is 23.2 Å². The molecule has 27 heavy (non-hydrogen) atoms. The molecule has 0 saturated carbocycles. The molecule has 0 aromatic heterocycles. The standard InChI is InChI=1S/C16H19Br2F4N3O2/c1-8(2)25(9(3)4)24-23-13-11(17)6-10(7-12(13)18)15(19,14(26)27-5)16(20,21)22/h6-9H,1-5H3. The van der Waals surface area contributed by atoms with Crippen molar-refractivity contribution in [1.29, 1.82) is 0 Å². The summed E-state index contributed by atoms with van der Waals surface area (Å²) in [7, 11) is 0.682. The Kier molecular flexibility index (Phi) is 7.80. The fraction of sp³-hybridized carbons (Fsp3) is 0.562. The monoisotopic (exact) mass is 519 g/mol. The van der Waals surface area contributed by atoms with Crippen LogP contribution in [0, 0.1) is 0 Å². The lowest BCUT2D eigenvalue weighted by Crippen LogP contribution is -2.46. The molecule has 1 aromatic carbocycles. The summed E-state index contributed by atoms with van der Waals surface area (Å²) in [4.78, 5) is 11.6. The second-order valence-corrected chi connectivity index (χ2v) is 7.90. The molecular weight excluding hydrogens is 502 g/mol. The summed E-state index contributed by atoms with van der Waals surface area (Å²) < 4.78 is 58.6. The Hall–Kier alpha value is -1.23. The minimum absolute atomic E-state index is 0.0262. The number of carbonyl (C=O) groups excluding carboxylic acids is 1. The number of hydrogen-bond donors (Lipinski definition) is 0. The van der Waals surface area contributed by atoms with Crippen LogP contribution >= 0.6 is 31.9 Å². The van der Waals surface area contributed by atoms with Gasteiger partial charge >= 0.3 is 17.8 Å². The molecule has 5 nitrogen and oxygen atoms in total. The van der Waals surface area contributed by atoms with Gasteiger partial charge in [-0.25, -0.2) is 9.18 Å². The third-order valence-corrected chi connectivity index (χ3v) is 4.79. The first-order valence-corrected chi connectivity index (χ1v) is 9.39. The van der Waals surface area contributed by atoms with Crippen LogP contribution in [-0.4, -0.2) is 36.3 Å². The average molecular weight is 521 g/mol. The summed E-state index contributed by atoms with van der Waals surface area (Å²) >= 11 is 6.13. The van der Waals surface area contributed by atoms with Gasteiger partial charge in [-0.3, -0.25) is 5.01 Å². The van der Waals surface area contributed by atoms with Gasteiger partial charge in [-0.15, -0.1) is 5.11 Å². The molecule has 0 bridgehead atoms. The van der Waals surface area contributed by atoms with Gasteiger partial charge in [0.05, 0.1) is 7.11 Å². The molecule has 0 fully saturated rings. The maximum atomic E-state index is 14.7. The van der Waals surface area contributed by atoms with Gasteiger partial charge in [-0.05, 0) is 71.7 Å². The zero-order valence-electron chi connectivity index (χ0n) is 15.2. The number of methoxy groups -OCH3 is 1. The molecule has 0 aliphatic heterocycles. The summed E-state index contributed by atoms with van der Waals surface area (Å²) in [6.45, 7) is 7.62. The molecule has 0 amide bonds. The van der Waals surface area contributed by atoms with E-state index in [9.17, 15) is 22.4 Å². The molecular formula is C16H19Br2F4N3O2. The molecule has 0 spiro atoms. The molecule has 1 aromatic rings. The molecule has 0 aliphatic rings. The summed E-state index contributed by atoms with van der Waals surface area (Å²) in [5, 5.41) is 9.82. The largest absolute Gasteiger partial charge is 0.466 e. The lowest BCUT2D eigenvalue weighted by atomic mass is 9.95. The van der Waals surface area contributed by atoms with Gasteiger partial charge in [0.2, 0.25) is 0 Å². The van der Waals surface area contributed by atoms with Crippen molar-refractivity contribution >= 4 is 43.5 Å². The lowest BCUT2D eigenvalue weighted by Gasteiger charge is -2.27. The van der Waals surface area contributed by atoms with E-state index in [0.717, 1.165) is 12.1 Å². The van der Waals surface area contributed by atoms with E-state index in [0.29, 0.717) is 7.11 Å². The van der Waals surface area contributed by atoms with Crippen LogP contribution in [0.2, 0.25) is 0 Å². The molecule has 1 rings (SSSR count). The highest BCUT2D eigenvalue weighted by Gasteiger charge is 2.64. The van der Waals surface area contributed by atoms with Gasteiger partial charge in [-0.1, -0.05) is 5.22 Å². The van der Waals surface area contributed by atoms with Crippen molar-refractivity contribution in [3.63, 3.8) is 0 Å². The SMILES string of the molecule is COC(=O)C(F)(c1cc(Br)c(N=NN(C(C)C)C(C)C)c(Br)c1)C(F)(F)F. The Balaban J connectivity index is 3.46. The van der Waals surface area contributed by atoms with Crippen molar-refractivity contribution in [2.75, 3.05) is 7.11 Å². The highest BCUT2D eigenvalue weighted by atomic mass is 79.9. The maximum absolute atomic E-state index is 14.7. The fourth-order valence-electron chi connectivity index (χ4n) is 2.30. The predicted octanol–water partition coefficient (Wildman–Crippen LogP) is 6.23. The van der Waals surface area contributed by atoms with Crippen molar-refractivity contribution in [1.82, 2.24) is 5.01 Å². The molecule has 152 valence electrons. The van der Waals surface area contributed by atoms with Crippen LogP contribution in [0.25, 0.3) is 0 Å². The van der Waals surface area contributed by atoms with Crippen LogP contribution in [0.1, 0.15) is 33.3 Å². The van der Waals surface area contributed by atoms with E-state index < -0.39 is 23.4 Å². The molecule has 0 N–H and O–H groups in total. The number of carbonyl (C=O) groups is 1. The molecule has 0 radical (unpaired) electrons. The van der Waals surface area contributed by atoms with E-state index in [1.54, 1.807) is 5.01 Å². The van der Waals surface area contributed by atoms with E-state index in [1.165, 1.54) is 0 Å². The Morgan fingerprint density at radius 1 is 1.07 bits per heavy atom. The number of esters is 1. The van der Waals surface area contributed by atoms with Crippen molar-refractivity contribution < 1.29 is 27.1 Å².